The van der Waals surface area contributed by atoms with Crippen molar-refractivity contribution in [1.29, 1.82) is 0 Å². The second-order valence-corrected chi connectivity index (χ2v) is 6.56. The summed E-state index contributed by atoms with van der Waals surface area (Å²) in [4.78, 5) is 14.3. The summed E-state index contributed by atoms with van der Waals surface area (Å²) >= 11 is 0. The molecule has 1 aromatic heterocycles. The molecule has 1 aliphatic rings. The normalized spacial score (nSPS) is 18.0. The molecule has 2 heterocycles. The highest BCUT2D eigenvalue weighted by Crippen LogP contribution is 2.36. The van der Waals surface area contributed by atoms with E-state index in [9.17, 15) is 9.90 Å². The van der Waals surface area contributed by atoms with Crippen molar-refractivity contribution in [3.63, 3.8) is 0 Å². The van der Waals surface area contributed by atoms with E-state index in [1.54, 1.807) is 0 Å². The Balaban J connectivity index is 1.76. The van der Waals surface area contributed by atoms with Crippen LogP contribution in [0.4, 0.5) is 0 Å². The number of piperidine rings is 1. The fraction of sp³-hybridized carbons (Fsp3) is 0.444. The first-order valence-corrected chi connectivity index (χ1v) is 8.03. The SMILES string of the molecule is Cc1cccc(C2(C(=O)O)CCN(Cc3[nH]ncc3C)CC2)c1. The third-order valence-corrected chi connectivity index (χ3v) is 5.01. The summed E-state index contributed by atoms with van der Waals surface area (Å²) < 4.78 is 0. The van der Waals surface area contributed by atoms with Gasteiger partial charge in [0, 0.05) is 6.54 Å². The molecule has 0 radical (unpaired) electrons. The molecule has 5 heteroatoms. The van der Waals surface area contributed by atoms with Crippen LogP contribution >= 0.6 is 0 Å². The van der Waals surface area contributed by atoms with Crippen LogP contribution in [0, 0.1) is 13.8 Å². The highest BCUT2D eigenvalue weighted by atomic mass is 16.4. The van der Waals surface area contributed by atoms with E-state index >= 15 is 0 Å². The van der Waals surface area contributed by atoms with E-state index < -0.39 is 11.4 Å². The van der Waals surface area contributed by atoms with Gasteiger partial charge in [-0.05, 0) is 50.9 Å². The van der Waals surface area contributed by atoms with Crippen LogP contribution in [-0.2, 0) is 16.8 Å². The number of hydrogen-bond acceptors (Lipinski definition) is 3. The van der Waals surface area contributed by atoms with Gasteiger partial charge in [-0.15, -0.1) is 0 Å². The van der Waals surface area contributed by atoms with Gasteiger partial charge in [0.2, 0.25) is 0 Å². The van der Waals surface area contributed by atoms with Gasteiger partial charge in [0.05, 0.1) is 17.3 Å². The van der Waals surface area contributed by atoms with Crippen molar-refractivity contribution in [2.24, 2.45) is 0 Å². The van der Waals surface area contributed by atoms with Crippen LogP contribution < -0.4 is 0 Å². The Labute approximate surface area is 136 Å². The summed E-state index contributed by atoms with van der Waals surface area (Å²) in [5, 5.41) is 17.0. The van der Waals surface area contributed by atoms with Gasteiger partial charge < -0.3 is 5.11 Å². The standard InChI is InChI=1S/C18H23N3O2/c1-13-4-3-5-15(10-13)18(17(22)23)6-8-21(9-7-18)12-16-14(2)11-19-20-16/h3-5,10-11H,6-9,12H2,1-2H3,(H,19,20)(H,22,23). The molecule has 0 bridgehead atoms. The Hall–Kier alpha value is -2.14. The number of nitrogens with zero attached hydrogens (tertiary/aromatic N) is 2. The van der Waals surface area contributed by atoms with Gasteiger partial charge in [-0.2, -0.15) is 5.10 Å². The van der Waals surface area contributed by atoms with Gasteiger partial charge in [0.15, 0.2) is 0 Å². The number of benzene rings is 1. The average molecular weight is 313 g/mol. The molecule has 0 saturated carbocycles. The Morgan fingerprint density at radius 3 is 2.65 bits per heavy atom. The van der Waals surface area contributed by atoms with Gasteiger partial charge in [0.25, 0.3) is 0 Å². The zero-order valence-electron chi connectivity index (χ0n) is 13.7. The van der Waals surface area contributed by atoms with Crippen LogP contribution in [0.25, 0.3) is 0 Å². The number of H-pyrrole nitrogens is 1. The fourth-order valence-corrected chi connectivity index (χ4v) is 3.42. The predicted octanol–water partition coefficient (Wildman–Crippen LogP) is 2.64. The van der Waals surface area contributed by atoms with Crippen LogP contribution in [-0.4, -0.2) is 39.3 Å². The minimum absolute atomic E-state index is 0.638. The van der Waals surface area contributed by atoms with E-state index in [1.165, 1.54) is 0 Å². The number of carboxylic acids is 1. The molecule has 0 amide bonds. The lowest BCUT2D eigenvalue weighted by Gasteiger charge is -2.39. The monoisotopic (exact) mass is 313 g/mol. The molecule has 1 aliphatic heterocycles. The third kappa shape index (κ3) is 3.01. The maximum absolute atomic E-state index is 12.0. The van der Waals surface area contributed by atoms with Crippen molar-refractivity contribution < 1.29 is 9.90 Å². The smallest absolute Gasteiger partial charge is 0.314 e. The van der Waals surface area contributed by atoms with E-state index in [0.717, 1.165) is 42.0 Å². The molecule has 1 saturated heterocycles. The largest absolute Gasteiger partial charge is 0.481 e. The summed E-state index contributed by atoms with van der Waals surface area (Å²) in [6.07, 6.45) is 3.10. The third-order valence-electron chi connectivity index (χ3n) is 5.01. The van der Waals surface area contributed by atoms with Gasteiger partial charge in [0.1, 0.15) is 0 Å². The van der Waals surface area contributed by atoms with Gasteiger partial charge >= 0.3 is 5.97 Å². The maximum atomic E-state index is 12.0. The number of aromatic amines is 1. The van der Waals surface area contributed by atoms with E-state index in [-0.39, 0.29) is 0 Å². The van der Waals surface area contributed by atoms with E-state index in [0.29, 0.717) is 12.8 Å². The molecule has 122 valence electrons. The number of carbonyl (C=O) groups is 1. The van der Waals surface area contributed by atoms with Gasteiger partial charge in [-0.1, -0.05) is 29.8 Å². The first kappa shape index (κ1) is 15.7. The number of aliphatic carboxylic acids is 1. The van der Waals surface area contributed by atoms with Crippen molar-refractivity contribution in [1.82, 2.24) is 15.1 Å². The molecular formula is C18H23N3O2. The van der Waals surface area contributed by atoms with Crippen molar-refractivity contribution in [2.75, 3.05) is 13.1 Å². The Morgan fingerprint density at radius 2 is 2.09 bits per heavy atom. The summed E-state index contributed by atoms with van der Waals surface area (Å²) in [6.45, 7) is 6.40. The molecule has 0 unspecified atom stereocenters. The molecule has 5 nitrogen and oxygen atoms in total. The average Bonchev–Trinajstić information content (AvgIpc) is 2.93. The van der Waals surface area contributed by atoms with Crippen molar-refractivity contribution in [3.8, 4) is 0 Å². The zero-order chi connectivity index (χ0) is 16.4. The summed E-state index contributed by atoms with van der Waals surface area (Å²) in [7, 11) is 0. The molecule has 2 aromatic rings. The summed E-state index contributed by atoms with van der Waals surface area (Å²) in [5.41, 5.74) is 3.55. The Morgan fingerprint density at radius 1 is 1.35 bits per heavy atom. The lowest BCUT2D eigenvalue weighted by atomic mass is 9.72. The molecule has 3 rings (SSSR count). The van der Waals surface area contributed by atoms with Crippen LogP contribution in [0.5, 0.6) is 0 Å². The predicted molar refractivity (Wildman–Crippen MR) is 88.3 cm³/mol. The van der Waals surface area contributed by atoms with Crippen molar-refractivity contribution in [2.45, 2.75) is 38.6 Å². The zero-order valence-corrected chi connectivity index (χ0v) is 13.7. The molecule has 2 N–H and O–H groups in total. The van der Waals surface area contributed by atoms with Crippen LogP contribution in [0.3, 0.4) is 0 Å². The molecule has 0 spiro atoms. The molecule has 0 aliphatic carbocycles. The first-order valence-electron chi connectivity index (χ1n) is 8.03. The number of carboxylic acid groups (broad SMARTS) is 1. The number of nitrogens with one attached hydrogen (secondary N) is 1. The van der Waals surface area contributed by atoms with Gasteiger partial charge in [-0.3, -0.25) is 14.8 Å². The topological polar surface area (TPSA) is 69.2 Å². The number of hydrogen-bond donors (Lipinski definition) is 2. The lowest BCUT2D eigenvalue weighted by molar-refractivity contribution is -0.146. The number of rotatable bonds is 4. The Bertz CT molecular complexity index is 700. The molecule has 23 heavy (non-hydrogen) atoms. The molecule has 1 aromatic carbocycles. The first-order chi connectivity index (χ1) is 11.0. The van der Waals surface area contributed by atoms with Crippen LogP contribution in [0.2, 0.25) is 0 Å². The van der Waals surface area contributed by atoms with E-state index in [1.807, 2.05) is 44.3 Å². The maximum Gasteiger partial charge on any atom is 0.314 e. The minimum Gasteiger partial charge on any atom is -0.481 e. The Kier molecular flexibility index (Phi) is 4.22. The molecule has 0 atom stereocenters. The van der Waals surface area contributed by atoms with E-state index in [4.69, 9.17) is 0 Å². The number of aryl methyl sites for hydroxylation is 2. The molecule has 1 fully saturated rings. The quantitative estimate of drug-likeness (QED) is 0.910. The van der Waals surface area contributed by atoms with Crippen molar-refractivity contribution in [3.05, 3.63) is 52.8 Å². The number of aromatic nitrogens is 2. The highest BCUT2D eigenvalue weighted by Gasteiger charge is 2.43. The highest BCUT2D eigenvalue weighted by molar-refractivity contribution is 5.81. The second-order valence-electron chi connectivity index (χ2n) is 6.56. The summed E-state index contributed by atoms with van der Waals surface area (Å²) in [6, 6.07) is 7.93. The second kappa shape index (κ2) is 6.16. The van der Waals surface area contributed by atoms with Crippen molar-refractivity contribution >= 4 is 5.97 Å². The molecular weight excluding hydrogens is 290 g/mol. The summed E-state index contributed by atoms with van der Waals surface area (Å²) in [5.74, 6) is -0.708. The lowest BCUT2D eigenvalue weighted by Crippen LogP contribution is -2.47. The fourth-order valence-electron chi connectivity index (χ4n) is 3.42. The van der Waals surface area contributed by atoms with Crippen LogP contribution in [0.15, 0.2) is 30.5 Å². The van der Waals surface area contributed by atoms with Crippen LogP contribution in [0.1, 0.15) is 35.2 Å². The van der Waals surface area contributed by atoms with E-state index in [2.05, 4.69) is 15.1 Å². The number of likely N-dealkylation sites (tertiary alicyclic amines) is 1. The minimum atomic E-state index is -0.758. The van der Waals surface area contributed by atoms with Gasteiger partial charge in [-0.25, -0.2) is 0 Å².